The molecule has 2 unspecified atom stereocenters. The van der Waals surface area contributed by atoms with Crippen molar-refractivity contribution in [2.24, 2.45) is 11.1 Å². The molecule has 1 aliphatic carbocycles. The second kappa shape index (κ2) is 10.9. The fourth-order valence-corrected chi connectivity index (χ4v) is 3.58. The van der Waals surface area contributed by atoms with Crippen LogP contribution < -0.4 is 16.4 Å². The predicted octanol–water partition coefficient (Wildman–Crippen LogP) is 3.33. The number of pyridine rings is 1. The lowest BCUT2D eigenvalue weighted by molar-refractivity contribution is -0.166. The summed E-state index contributed by atoms with van der Waals surface area (Å²) in [6.45, 7) is 6.73. The Morgan fingerprint density at radius 2 is 1.94 bits per heavy atom. The Balaban J connectivity index is 0.00000240. The molecule has 1 aliphatic rings. The monoisotopic (exact) mass is 468 g/mol. The van der Waals surface area contributed by atoms with Crippen LogP contribution in [0.3, 0.4) is 0 Å². The minimum absolute atomic E-state index is 0. The molecule has 3 rings (SSSR count). The van der Waals surface area contributed by atoms with Crippen LogP contribution in [-0.2, 0) is 16.1 Å². The summed E-state index contributed by atoms with van der Waals surface area (Å²) in [4.78, 5) is 29.5. The molecule has 1 aromatic carbocycles. The van der Waals surface area contributed by atoms with E-state index >= 15 is 0 Å². The first-order valence-corrected chi connectivity index (χ1v) is 9.78. The van der Waals surface area contributed by atoms with Crippen LogP contribution in [-0.4, -0.2) is 35.0 Å². The third-order valence-electron chi connectivity index (χ3n) is 5.77. The summed E-state index contributed by atoms with van der Waals surface area (Å²) in [5.74, 6) is -0.515. The Labute approximate surface area is 195 Å². The van der Waals surface area contributed by atoms with Crippen LogP contribution in [0.2, 0.25) is 0 Å². The third kappa shape index (κ3) is 5.54. The van der Waals surface area contributed by atoms with Gasteiger partial charge in [-0.3, -0.25) is 14.6 Å². The number of amides is 2. The van der Waals surface area contributed by atoms with E-state index in [1.807, 2.05) is 39.0 Å². The van der Waals surface area contributed by atoms with E-state index in [1.54, 1.807) is 30.5 Å². The van der Waals surface area contributed by atoms with Crippen LogP contribution in [0.1, 0.15) is 43.2 Å². The van der Waals surface area contributed by atoms with Gasteiger partial charge in [-0.2, -0.15) is 0 Å². The number of rotatable bonds is 7. The summed E-state index contributed by atoms with van der Waals surface area (Å²) >= 11 is 0. The van der Waals surface area contributed by atoms with Crippen LogP contribution in [0.4, 0.5) is 5.69 Å². The van der Waals surface area contributed by atoms with Gasteiger partial charge < -0.3 is 21.1 Å². The number of carbonyl (C=O) groups excluding carboxylic acids is 2. The van der Waals surface area contributed by atoms with Crippen molar-refractivity contribution in [3.63, 3.8) is 0 Å². The van der Waals surface area contributed by atoms with Gasteiger partial charge in [-0.15, -0.1) is 24.8 Å². The number of nitrogens with one attached hydrogen (secondary N) is 2. The Morgan fingerprint density at radius 1 is 1.19 bits per heavy atom. The first-order chi connectivity index (χ1) is 13.8. The molecular weight excluding hydrogens is 439 g/mol. The lowest BCUT2D eigenvalue weighted by Gasteiger charge is -2.57. The van der Waals surface area contributed by atoms with Gasteiger partial charge in [0.25, 0.3) is 5.91 Å². The van der Waals surface area contributed by atoms with Crippen molar-refractivity contribution in [2.75, 3.05) is 11.9 Å². The van der Waals surface area contributed by atoms with E-state index < -0.39 is 11.0 Å². The third-order valence-corrected chi connectivity index (χ3v) is 5.77. The Kier molecular flexibility index (Phi) is 9.44. The topological polar surface area (TPSA) is 106 Å². The number of nitrogens with two attached hydrogens (primary N) is 1. The van der Waals surface area contributed by atoms with Gasteiger partial charge in [-0.05, 0) is 37.3 Å². The second-order valence-corrected chi connectivity index (χ2v) is 7.88. The van der Waals surface area contributed by atoms with Crippen molar-refractivity contribution >= 4 is 42.3 Å². The molecule has 170 valence electrons. The minimum Gasteiger partial charge on any atom is -0.378 e. The minimum atomic E-state index is -1.02. The molecule has 2 aromatic rings. The van der Waals surface area contributed by atoms with Crippen molar-refractivity contribution in [2.45, 2.75) is 45.4 Å². The smallest absolute Gasteiger partial charge is 0.251 e. The van der Waals surface area contributed by atoms with Gasteiger partial charge in [0.1, 0.15) is 5.54 Å². The molecule has 31 heavy (non-hydrogen) atoms. The van der Waals surface area contributed by atoms with Gasteiger partial charge in [-0.1, -0.05) is 26.0 Å². The van der Waals surface area contributed by atoms with E-state index in [2.05, 4.69) is 15.6 Å². The fraction of sp³-hybridized carbons (Fsp3) is 0.409. The lowest BCUT2D eigenvalue weighted by Crippen LogP contribution is -2.74. The SMILES string of the molecule is CCOC1CC(N)(C(=O)Nc2cccc(C(=O)NCc3ccccn3)c2)C1(C)C.Cl.Cl. The van der Waals surface area contributed by atoms with Crippen LogP contribution in [0.15, 0.2) is 48.7 Å². The van der Waals surface area contributed by atoms with Crippen molar-refractivity contribution in [1.82, 2.24) is 10.3 Å². The molecule has 7 nitrogen and oxygen atoms in total. The summed E-state index contributed by atoms with van der Waals surface area (Å²) in [6.07, 6.45) is 2.09. The van der Waals surface area contributed by atoms with Gasteiger partial charge in [-0.25, -0.2) is 0 Å². The summed E-state index contributed by atoms with van der Waals surface area (Å²) in [5, 5.41) is 5.69. The summed E-state index contributed by atoms with van der Waals surface area (Å²) < 4.78 is 5.68. The van der Waals surface area contributed by atoms with Crippen LogP contribution in [0, 0.1) is 5.41 Å². The van der Waals surface area contributed by atoms with Gasteiger partial charge in [0, 0.05) is 35.9 Å². The van der Waals surface area contributed by atoms with Crippen LogP contribution >= 0.6 is 24.8 Å². The first kappa shape index (κ1) is 26.8. The summed E-state index contributed by atoms with van der Waals surface area (Å²) in [6, 6.07) is 12.3. The molecule has 1 fully saturated rings. The molecule has 0 aliphatic heterocycles. The Morgan fingerprint density at radius 3 is 2.55 bits per heavy atom. The zero-order valence-electron chi connectivity index (χ0n) is 17.9. The molecule has 9 heteroatoms. The summed E-state index contributed by atoms with van der Waals surface area (Å²) in [5.41, 5.74) is 6.67. The molecule has 2 amide bonds. The van der Waals surface area contributed by atoms with Crippen molar-refractivity contribution in [3.8, 4) is 0 Å². The lowest BCUT2D eigenvalue weighted by atomic mass is 9.54. The van der Waals surface area contributed by atoms with Gasteiger partial charge >= 0.3 is 0 Å². The molecule has 0 radical (unpaired) electrons. The molecule has 0 saturated heterocycles. The molecule has 2 atom stereocenters. The number of aromatic nitrogens is 1. The molecule has 4 N–H and O–H groups in total. The van der Waals surface area contributed by atoms with Gasteiger partial charge in [0.15, 0.2) is 0 Å². The quantitative estimate of drug-likeness (QED) is 0.577. The average molecular weight is 469 g/mol. The van der Waals surface area contributed by atoms with Gasteiger partial charge in [0.05, 0.1) is 18.3 Å². The molecule has 0 spiro atoms. The van der Waals surface area contributed by atoms with Gasteiger partial charge in [0.2, 0.25) is 5.91 Å². The Bertz CT molecular complexity index is 895. The molecule has 1 aromatic heterocycles. The highest BCUT2D eigenvalue weighted by atomic mass is 35.5. The maximum Gasteiger partial charge on any atom is 0.251 e. The number of nitrogens with zero attached hydrogens (tertiary/aromatic N) is 1. The van der Waals surface area contributed by atoms with E-state index in [-0.39, 0.29) is 42.7 Å². The molecule has 0 bridgehead atoms. The number of anilines is 1. The van der Waals surface area contributed by atoms with Crippen LogP contribution in [0.25, 0.3) is 0 Å². The van der Waals surface area contributed by atoms with E-state index in [1.165, 1.54) is 0 Å². The number of hydrogen-bond donors (Lipinski definition) is 3. The standard InChI is InChI=1S/C22H28N4O3.2ClH/c1-4-29-18-13-22(23,21(18,2)3)20(28)26-16-10-7-8-15(12-16)19(27)25-14-17-9-5-6-11-24-17;;/h5-12,18H,4,13-14,23H2,1-3H3,(H,25,27)(H,26,28);2*1H. The highest BCUT2D eigenvalue weighted by molar-refractivity contribution is 6.01. The zero-order valence-corrected chi connectivity index (χ0v) is 19.5. The molecule has 1 heterocycles. The Hall–Kier alpha value is -2.19. The van der Waals surface area contributed by atoms with Crippen LogP contribution in [0.5, 0.6) is 0 Å². The highest BCUT2D eigenvalue weighted by Gasteiger charge is 2.62. The van der Waals surface area contributed by atoms with Crippen molar-refractivity contribution < 1.29 is 14.3 Å². The highest BCUT2D eigenvalue weighted by Crippen LogP contribution is 2.50. The van der Waals surface area contributed by atoms with Crippen molar-refractivity contribution in [3.05, 3.63) is 59.9 Å². The summed E-state index contributed by atoms with van der Waals surface area (Å²) in [7, 11) is 0. The van der Waals surface area contributed by atoms with Crippen molar-refractivity contribution in [1.29, 1.82) is 0 Å². The maximum atomic E-state index is 12.9. The predicted molar refractivity (Wildman–Crippen MR) is 126 cm³/mol. The fourth-order valence-electron chi connectivity index (χ4n) is 3.58. The second-order valence-electron chi connectivity index (χ2n) is 7.88. The number of carbonyl (C=O) groups is 2. The number of hydrogen-bond acceptors (Lipinski definition) is 5. The first-order valence-electron chi connectivity index (χ1n) is 9.78. The van der Waals surface area contributed by atoms with E-state index in [0.717, 1.165) is 5.69 Å². The number of benzene rings is 1. The largest absolute Gasteiger partial charge is 0.378 e. The molecular formula is C22H30Cl2N4O3. The normalized spacial score (nSPS) is 21.0. The average Bonchev–Trinajstić information content (AvgIpc) is 2.72. The van der Waals surface area contributed by atoms with E-state index in [4.69, 9.17) is 10.5 Å². The van der Waals surface area contributed by atoms with E-state index in [9.17, 15) is 9.59 Å². The molecule has 1 saturated carbocycles. The maximum absolute atomic E-state index is 12.9. The number of halogens is 2. The zero-order chi connectivity index (χ0) is 21.1. The van der Waals surface area contributed by atoms with E-state index in [0.29, 0.717) is 30.8 Å². The number of ether oxygens (including phenoxy) is 1.